The lowest BCUT2D eigenvalue weighted by Crippen LogP contribution is -2.42. The molecule has 1 N–H and O–H groups in total. The van der Waals surface area contributed by atoms with Gasteiger partial charge in [0.05, 0.1) is 13.0 Å². The Balaban J connectivity index is 1.38. The lowest BCUT2D eigenvalue weighted by molar-refractivity contribution is -0.121. The van der Waals surface area contributed by atoms with Gasteiger partial charge in [0.2, 0.25) is 5.91 Å². The number of benzene rings is 1. The van der Waals surface area contributed by atoms with Gasteiger partial charge in [-0.2, -0.15) is 0 Å². The van der Waals surface area contributed by atoms with Crippen molar-refractivity contribution in [2.75, 3.05) is 6.61 Å². The molecular weight excluding hydrogens is 304 g/mol. The Labute approximate surface area is 141 Å². The maximum atomic E-state index is 12.4. The number of hydrogen-bond donors (Lipinski definition) is 1. The largest absolute Gasteiger partial charge is 0.493 e. The summed E-state index contributed by atoms with van der Waals surface area (Å²) in [5.74, 6) is 3.07. The van der Waals surface area contributed by atoms with Crippen LogP contribution in [0.15, 0.2) is 18.2 Å². The molecule has 0 saturated carbocycles. The van der Waals surface area contributed by atoms with Crippen LogP contribution in [0.3, 0.4) is 0 Å². The molecule has 4 rings (SSSR count). The second kappa shape index (κ2) is 6.26. The zero-order chi connectivity index (χ0) is 16.5. The predicted molar refractivity (Wildman–Crippen MR) is 89.0 cm³/mol. The summed E-state index contributed by atoms with van der Waals surface area (Å²) in [4.78, 5) is 12.4. The molecule has 0 radical (unpaired) electrons. The molecular formula is C18H22N4O2. The number of carbonyl (C=O) groups excluding carboxylic acids is 1. The number of hydrogen-bond acceptors (Lipinski definition) is 4. The van der Waals surface area contributed by atoms with Gasteiger partial charge in [-0.1, -0.05) is 19.1 Å². The van der Waals surface area contributed by atoms with Crippen LogP contribution in [0.25, 0.3) is 0 Å². The van der Waals surface area contributed by atoms with Crippen molar-refractivity contribution in [2.24, 2.45) is 0 Å². The van der Waals surface area contributed by atoms with Gasteiger partial charge in [0.1, 0.15) is 17.4 Å². The number of nitrogens with one attached hydrogen (secondary N) is 1. The molecule has 0 aliphatic carbocycles. The van der Waals surface area contributed by atoms with E-state index in [-0.39, 0.29) is 11.9 Å². The van der Waals surface area contributed by atoms with Crippen molar-refractivity contribution in [2.45, 2.75) is 51.6 Å². The van der Waals surface area contributed by atoms with Crippen LogP contribution in [0.2, 0.25) is 0 Å². The Morgan fingerprint density at radius 1 is 1.38 bits per heavy atom. The van der Waals surface area contributed by atoms with E-state index in [1.54, 1.807) is 0 Å². The lowest BCUT2D eigenvalue weighted by atomic mass is 10.0. The number of amides is 1. The highest BCUT2D eigenvalue weighted by Crippen LogP contribution is 2.26. The Morgan fingerprint density at radius 2 is 2.29 bits per heavy atom. The molecule has 6 nitrogen and oxygen atoms in total. The number of nitrogens with zero attached hydrogens (tertiary/aromatic N) is 3. The average molecular weight is 326 g/mol. The van der Waals surface area contributed by atoms with E-state index in [9.17, 15) is 4.79 Å². The zero-order valence-corrected chi connectivity index (χ0v) is 13.9. The van der Waals surface area contributed by atoms with Gasteiger partial charge in [-0.15, -0.1) is 10.2 Å². The molecule has 6 heteroatoms. The van der Waals surface area contributed by atoms with Crippen LogP contribution < -0.4 is 10.1 Å². The van der Waals surface area contributed by atoms with Crippen molar-refractivity contribution in [1.82, 2.24) is 20.1 Å². The monoisotopic (exact) mass is 326 g/mol. The molecule has 1 aromatic heterocycles. The molecule has 1 unspecified atom stereocenters. The molecule has 0 spiro atoms. The summed E-state index contributed by atoms with van der Waals surface area (Å²) in [6, 6.07) is 6.21. The minimum absolute atomic E-state index is 0.0773. The fourth-order valence-corrected chi connectivity index (χ4v) is 3.58. The number of rotatable bonds is 4. The second-order valence-electron chi connectivity index (χ2n) is 6.52. The molecule has 2 aromatic rings. The molecule has 0 saturated heterocycles. The highest BCUT2D eigenvalue weighted by molar-refractivity contribution is 5.79. The van der Waals surface area contributed by atoms with Gasteiger partial charge in [0, 0.05) is 31.8 Å². The van der Waals surface area contributed by atoms with Gasteiger partial charge in [-0.05, 0) is 23.6 Å². The topological polar surface area (TPSA) is 69.0 Å². The third-order valence-corrected chi connectivity index (χ3v) is 4.82. The van der Waals surface area contributed by atoms with Crippen molar-refractivity contribution in [3.63, 3.8) is 0 Å². The van der Waals surface area contributed by atoms with E-state index in [1.807, 2.05) is 12.1 Å². The summed E-state index contributed by atoms with van der Waals surface area (Å²) >= 11 is 0. The number of aromatic nitrogens is 3. The minimum Gasteiger partial charge on any atom is -0.493 e. The van der Waals surface area contributed by atoms with Crippen LogP contribution in [0.1, 0.15) is 36.1 Å². The van der Waals surface area contributed by atoms with Gasteiger partial charge in [-0.25, -0.2) is 0 Å². The number of carbonyl (C=O) groups is 1. The highest BCUT2D eigenvalue weighted by Gasteiger charge is 2.23. The molecule has 2 aliphatic rings. The summed E-state index contributed by atoms with van der Waals surface area (Å²) in [5, 5.41) is 11.6. The fourth-order valence-electron chi connectivity index (χ4n) is 3.58. The van der Waals surface area contributed by atoms with Gasteiger partial charge >= 0.3 is 0 Å². The summed E-state index contributed by atoms with van der Waals surface area (Å²) in [6.45, 7) is 3.60. The first-order chi connectivity index (χ1) is 11.7. The molecule has 1 amide bonds. The molecule has 0 fully saturated rings. The Morgan fingerprint density at radius 3 is 3.17 bits per heavy atom. The van der Waals surface area contributed by atoms with E-state index >= 15 is 0 Å². The zero-order valence-electron chi connectivity index (χ0n) is 13.9. The van der Waals surface area contributed by atoms with Crippen molar-refractivity contribution in [1.29, 1.82) is 0 Å². The lowest BCUT2D eigenvalue weighted by Gasteiger charge is -2.25. The molecule has 1 atom stereocenters. The third kappa shape index (κ3) is 2.88. The van der Waals surface area contributed by atoms with Gasteiger partial charge < -0.3 is 14.6 Å². The molecule has 3 heterocycles. The normalized spacial score (nSPS) is 18.6. The van der Waals surface area contributed by atoms with Crippen LogP contribution in [0.5, 0.6) is 5.75 Å². The van der Waals surface area contributed by atoms with E-state index in [4.69, 9.17) is 4.74 Å². The first kappa shape index (κ1) is 15.2. The number of fused-ring (bicyclic) bond motifs is 2. The maximum Gasteiger partial charge on any atom is 0.224 e. The van der Waals surface area contributed by atoms with Crippen molar-refractivity contribution >= 4 is 5.91 Å². The van der Waals surface area contributed by atoms with Crippen molar-refractivity contribution < 1.29 is 9.53 Å². The van der Waals surface area contributed by atoms with E-state index in [2.05, 4.69) is 33.1 Å². The summed E-state index contributed by atoms with van der Waals surface area (Å²) < 4.78 is 7.67. The van der Waals surface area contributed by atoms with Gasteiger partial charge in [0.25, 0.3) is 0 Å². The first-order valence-corrected chi connectivity index (χ1v) is 8.68. The fraction of sp³-hybridized carbons (Fsp3) is 0.500. The molecule has 0 bridgehead atoms. The predicted octanol–water partition coefficient (Wildman–Crippen LogP) is 1.45. The van der Waals surface area contributed by atoms with Crippen LogP contribution >= 0.6 is 0 Å². The first-order valence-electron chi connectivity index (χ1n) is 8.68. The molecule has 1 aromatic carbocycles. The minimum atomic E-state index is 0.0773. The SMILES string of the molecule is CCc1nnc2n1CC(NC(=O)Cc1ccc3c(c1)CCO3)CC2. The Hall–Kier alpha value is -2.37. The van der Waals surface area contributed by atoms with Crippen LogP contribution in [-0.4, -0.2) is 33.3 Å². The molecule has 24 heavy (non-hydrogen) atoms. The van der Waals surface area contributed by atoms with Crippen molar-refractivity contribution in [3.8, 4) is 5.75 Å². The second-order valence-corrected chi connectivity index (χ2v) is 6.52. The van der Waals surface area contributed by atoms with E-state index < -0.39 is 0 Å². The highest BCUT2D eigenvalue weighted by atomic mass is 16.5. The van der Waals surface area contributed by atoms with Crippen LogP contribution in [0.4, 0.5) is 0 Å². The quantitative estimate of drug-likeness (QED) is 0.923. The third-order valence-electron chi connectivity index (χ3n) is 4.82. The van der Waals surface area contributed by atoms with E-state index in [0.29, 0.717) is 6.42 Å². The average Bonchev–Trinajstić information content (AvgIpc) is 3.20. The van der Waals surface area contributed by atoms with Gasteiger partial charge in [-0.3, -0.25) is 4.79 Å². The molecule has 2 aliphatic heterocycles. The summed E-state index contributed by atoms with van der Waals surface area (Å²) in [7, 11) is 0. The smallest absolute Gasteiger partial charge is 0.224 e. The Bertz CT molecular complexity index is 755. The maximum absolute atomic E-state index is 12.4. The number of aryl methyl sites for hydroxylation is 2. The number of ether oxygens (including phenoxy) is 1. The Kier molecular flexibility index (Phi) is 3.96. The molecule has 126 valence electrons. The van der Waals surface area contributed by atoms with E-state index in [0.717, 1.165) is 61.8 Å². The summed E-state index contributed by atoms with van der Waals surface area (Å²) in [5.41, 5.74) is 2.26. The van der Waals surface area contributed by atoms with Gasteiger partial charge in [0.15, 0.2) is 0 Å². The van der Waals surface area contributed by atoms with E-state index in [1.165, 1.54) is 5.56 Å². The standard InChI is InChI=1S/C18H22N4O2/c1-2-16-20-21-17-6-4-14(11-22(16)17)19-18(23)10-12-3-5-15-13(9-12)7-8-24-15/h3,5,9,14H,2,4,6-8,10-11H2,1H3,(H,19,23). The van der Waals surface area contributed by atoms with Crippen LogP contribution in [-0.2, 0) is 37.0 Å². The van der Waals surface area contributed by atoms with Crippen LogP contribution in [0, 0.1) is 0 Å². The summed E-state index contributed by atoms with van der Waals surface area (Å²) in [6.07, 6.45) is 4.01. The van der Waals surface area contributed by atoms with Crippen molar-refractivity contribution in [3.05, 3.63) is 41.0 Å².